The summed E-state index contributed by atoms with van der Waals surface area (Å²) < 4.78 is 5.37. The first-order valence-electron chi connectivity index (χ1n) is 7.64. The van der Waals surface area contributed by atoms with E-state index in [9.17, 15) is 4.79 Å². The molecule has 1 amide bonds. The van der Waals surface area contributed by atoms with Gasteiger partial charge in [-0.05, 0) is 31.5 Å². The van der Waals surface area contributed by atoms with Crippen LogP contribution in [0.15, 0.2) is 18.3 Å². The van der Waals surface area contributed by atoms with Crippen LogP contribution >= 0.6 is 0 Å². The topological polar surface area (TPSA) is 66.5 Å². The van der Waals surface area contributed by atoms with Crippen molar-refractivity contribution < 1.29 is 9.53 Å². The van der Waals surface area contributed by atoms with Crippen LogP contribution in [0.25, 0.3) is 0 Å². The molecule has 2 N–H and O–H groups in total. The second-order valence-electron chi connectivity index (χ2n) is 5.51. The van der Waals surface area contributed by atoms with Crippen molar-refractivity contribution in [1.82, 2.24) is 10.3 Å². The largest absolute Gasteiger partial charge is 0.378 e. The average molecular weight is 290 g/mol. The van der Waals surface area contributed by atoms with Crippen LogP contribution in [0.1, 0.15) is 12.8 Å². The number of anilines is 2. The molecule has 0 bridgehead atoms. The van der Waals surface area contributed by atoms with Crippen LogP contribution in [-0.2, 0) is 9.53 Å². The number of nitrogens with zero attached hydrogens (tertiary/aromatic N) is 2. The van der Waals surface area contributed by atoms with Gasteiger partial charge in [-0.2, -0.15) is 0 Å². The summed E-state index contributed by atoms with van der Waals surface area (Å²) in [4.78, 5) is 19.0. The van der Waals surface area contributed by atoms with E-state index in [1.165, 1.54) is 0 Å². The van der Waals surface area contributed by atoms with E-state index >= 15 is 0 Å². The van der Waals surface area contributed by atoms with Gasteiger partial charge >= 0.3 is 0 Å². The number of carbonyl (C=O) groups excluding carboxylic acids is 1. The molecule has 1 aromatic heterocycles. The molecule has 0 aliphatic carbocycles. The third-order valence-corrected chi connectivity index (χ3v) is 4.02. The van der Waals surface area contributed by atoms with Gasteiger partial charge in [-0.15, -0.1) is 0 Å². The normalized spacial score (nSPS) is 22.9. The number of rotatable bonds is 3. The molecule has 0 aromatic carbocycles. The first-order chi connectivity index (χ1) is 10.3. The molecule has 1 unspecified atom stereocenters. The smallest absolute Gasteiger partial charge is 0.228 e. The maximum atomic E-state index is 12.4. The van der Waals surface area contributed by atoms with E-state index in [4.69, 9.17) is 4.74 Å². The number of piperidine rings is 1. The van der Waals surface area contributed by atoms with Crippen molar-refractivity contribution in [2.45, 2.75) is 12.8 Å². The van der Waals surface area contributed by atoms with Gasteiger partial charge in [0.2, 0.25) is 5.91 Å². The molecule has 6 nitrogen and oxygen atoms in total. The number of hydrogen-bond donors (Lipinski definition) is 2. The second kappa shape index (κ2) is 6.87. The minimum absolute atomic E-state index is 0.0523. The lowest BCUT2D eigenvalue weighted by Crippen LogP contribution is -2.39. The first-order valence-corrected chi connectivity index (χ1v) is 7.64. The number of amides is 1. The fourth-order valence-corrected chi connectivity index (χ4v) is 2.83. The predicted molar refractivity (Wildman–Crippen MR) is 81.5 cm³/mol. The van der Waals surface area contributed by atoms with Gasteiger partial charge in [-0.3, -0.25) is 4.79 Å². The molecule has 2 aliphatic rings. The quantitative estimate of drug-likeness (QED) is 0.864. The van der Waals surface area contributed by atoms with E-state index < -0.39 is 0 Å². The van der Waals surface area contributed by atoms with Gasteiger partial charge < -0.3 is 20.3 Å². The van der Waals surface area contributed by atoms with Crippen molar-refractivity contribution in [2.75, 3.05) is 49.6 Å². The number of carbonyl (C=O) groups is 1. The van der Waals surface area contributed by atoms with Crippen LogP contribution in [0.2, 0.25) is 0 Å². The summed E-state index contributed by atoms with van der Waals surface area (Å²) >= 11 is 0. The van der Waals surface area contributed by atoms with Crippen LogP contribution in [0.3, 0.4) is 0 Å². The Bertz CT molecular complexity index is 482. The molecule has 1 aromatic rings. The molecule has 114 valence electrons. The first kappa shape index (κ1) is 14.3. The van der Waals surface area contributed by atoms with E-state index in [0.29, 0.717) is 13.2 Å². The summed E-state index contributed by atoms with van der Waals surface area (Å²) in [5, 5.41) is 6.33. The molecule has 0 radical (unpaired) electrons. The van der Waals surface area contributed by atoms with Gasteiger partial charge in [-0.25, -0.2) is 4.98 Å². The second-order valence-corrected chi connectivity index (χ2v) is 5.51. The fraction of sp³-hybridized carbons (Fsp3) is 0.600. The van der Waals surface area contributed by atoms with Gasteiger partial charge in [0.15, 0.2) is 5.82 Å². The number of ether oxygens (including phenoxy) is 1. The zero-order valence-electron chi connectivity index (χ0n) is 12.2. The number of hydrogen-bond acceptors (Lipinski definition) is 5. The van der Waals surface area contributed by atoms with Crippen molar-refractivity contribution in [2.24, 2.45) is 5.92 Å². The molecule has 1 atom stereocenters. The van der Waals surface area contributed by atoms with Crippen LogP contribution < -0.4 is 15.5 Å². The predicted octanol–water partition coefficient (Wildman–Crippen LogP) is 0.856. The maximum absolute atomic E-state index is 12.4. The zero-order valence-corrected chi connectivity index (χ0v) is 12.2. The molecule has 2 saturated heterocycles. The lowest BCUT2D eigenvalue weighted by Gasteiger charge is -2.30. The monoisotopic (exact) mass is 290 g/mol. The number of pyridine rings is 1. The molecule has 21 heavy (non-hydrogen) atoms. The molecule has 3 rings (SSSR count). The van der Waals surface area contributed by atoms with Crippen LogP contribution in [0, 0.1) is 5.92 Å². The third kappa shape index (κ3) is 3.51. The van der Waals surface area contributed by atoms with Gasteiger partial charge in [0.1, 0.15) is 0 Å². The van der Waals surface area contributed by atoms with Gasteiger partial charge in [-0.1, -0.05) is 0 Å². The molecule has 2 aliphatic heterocycles. The van der Waals surface area contributed by atoms with Gasteiger partial charge in [0.05, 0.1) is 24.8 Å². The summed E-state index contributed by atoms with van der Waals surface area (Å²) in [6, 6.07) is 3.78. The Morgan fingerprint density at radius 3 is 3.05 bits per heavy atom. The lowest BCUT2D eigenvalue weighted by molar-refractivity contribution is -0.120. The Morgan fingerprint density at radius 1 is 1.43 bits per heavy atom. The van der Waals surface area contributed by atoms with Crippen LogP contribution in [0.5, 0.6) is 0 Å². The zero-order chi connectivity index (χ0) is 14.5. The summed E-state index contributed by atoms with van der Waals surface area (Å²) in [6.07, 6.45) is 3.77. The van der Waals surface area contributed by atoms with E-state index in [1.54, 1.807) is 6.20 Å². The molecule has 0 spiro atoms. The Morgan fingerprint density at radius 2 is 2.29 bits per heavy atom. The molecule has 0 saturated carbocycles. The van der Waals surface area contributed by atoms with Crippen molar-refractivity contribution in [3.63, 3.8) is 0 Å². The van der Waals surface area contributed by atoms with Gasteiger partial charge in [0, 0.05) is 25.8 Å². The summed E-state index contributed by atoms with van der Waals surface area (Å²) in [7, 11) is 0. The number of nitrogens with one attached hydrogen (secondary N) is 2. The van der Waals surface area contributed by atoms with Crippen molar-refractivity contribution >= 4 is 17.4 Å². The molecule has 2 fully saturated rings. The number of aromatic nitrogens is 1. The number of morpholine rings is 1. The van der Waals surface area contributed by atoms with Crippen LogP contribution in [-0.4, -0.2) is 50.3 Å². The summed E-state index contributed by atoms with van der Waals surface area (Å²) in [5.41, 5.74) is 0.801. The average Bonchev–Trinajstić information content (AvgIpc) is 2.57. The van der Waals surface area contributed by atoms with E-state index in [2.05, 4.69) is 20.5 Å². The molecule has 3 heterocycles. The molecular weight excluding hydrogens is 268 g/mol. The Kier molecular flexibility index (Phi) is 4.67. The lowest BCUT2D eigenvalue weighted by atomic mass is 9.99. The molecule has 6 heteroatoms. The standard InChI is InChI=1S/C15H22N4O2/c20-15(12-3-1-5-16-11-12)18-13-4-2-6-17-14(13)19-7-9-21-10-8-19/h2,4,6,12,16H,1,3,5,7-11H2,(H,18,20). The highest BCUT2D eigenvalue weighted by molar-refractivity contribution is 5.95. The van der Waals surface area contributed by atoms with Gasteiger partial charge in [0.25, 0.3) is 0 Å². The third-order valence-electron chi connectivity index (χ3n) is 4.02. The van der Waals surface area contributed by atoms with E-state index in [-0.39, 0.29) is 11.8 Å². The Labute approximate surface area is 124 Å². The Hall–Kier alpha value is -1.66. The van der Waals surface area contributed by atoms with E-state index in [0.717, 1.165) is 50.5 Å². The van der Waals surface area contributed by atoms with E-state index in [1.807, 2.05) is 12.1 Å². The minimum atomic E-state index is 0.0523. The van der Waals surface area contributed by atoms with Crippen LogP contribution in [0.4, 0.5) is 11.5 Å². The SMILES string of the molecule is O=C(Nc1cccnc1N1CCOCC1)C1CCCNC1. The highest BCUT2D eigenvalue weighted by atomic mass is 16.5. The molecular formula is C15H22N4O2. The minimum Gasteiger partial charge on any atom is -0.378 e. The fourth-order valence-electron chi connectivity index (χ4n) is 2.83. The maximum Gasteiger partial charge on any atom is 0.228 e. The summed E-state index contributed by atoms with van der Waals surface area (Å²) in [5.74, 6) is 0.985. The van der Waals surface area contributed by atoms with Crippen molar-refractivity contribution in [1.29, 1.82) is 0 Å². The van der Waals surface area contributed by atoms with Crippen molar-refractivity contribution in [3.8, 4) is 0 Å². The highest BCUT2D eigenvalue weighted by Crippen LogP contribution is 2.24. The highest BCUT2D eigenvalue weighted by Gasteiger charge is 2.23. The van der Waals surface area contributed by atoms with Crippen molar-refractivity contribution in [3.05, 3.63) is 18.3 Å². The Balaban J connectivity index is 1.70. The summed E-state index contributed by atoms with van der Waals surface area (Å²) in [6.45, 7) is 4.80.